The van der Waals surface area contributed by atoms with Gasteiger partial charge in [0.1, 0.15) is 5.78 Å². The van der Waals surface area contributed by atoms with Crippen molar-refractivity contribution >= 4 is 23.1 Å². The van der Waals surface area contributed by atoms with Crippen molar-refractivity contribution in [3.8, 4) is 0 Å². The number of rotatable bonds is 5. The standard InChI is InChI=1S/C16H16O3S/c1-11(17)9-14-7-8-15(20-14)10-12-3-5-13(6-4-12)16(18)19-2/h3-8H,9-10H2,1-2H3. The maximum absolute atomic E-state index is 11.3. The van der Waals surface area contributed by atoms with E-state index in [0.29, 0.717) is 12.0 Å². The Hall–Kier alpha value is -1.94. The molecule has 104 valence electrons. The molecule has 0 fully saturated rings. The molecule has 0 bridgehead atoms. The van der Waals surface area contributed by atoms with Gasteiger partial charge in [0, 0.05) is 22.6 Å². The molecule has 0 amide bonds. The summed E-state index contributed by atoms with van der Waals surface area (Å²) in [4.78, 5) is 24.7. The highest BCUT2D eigenvalue weighted by atomic mass is 32.1. The minimum Gasteiger partial charge on any atom is -0.465 e. The molecule has 20 heavy (non-hydrogen) atoms. The van der Waals surface area contributed by atoms with Gasteiger partial charge < -0.3 is 4.74 Å². The quantitative estimate of drug-likeness (QED) is 0.793. The van der Waals surface area contributed by atoms with E-state index in [-0.39, 0.29) is 11.8 Å². The van der Waals surface area contributed by atoms with Crippen LogP contribution in [0.2, 0.25) is 0 Å². The van der Waals surface area contributed by atoms with Gasteiger partial charge in [-0.2, -0.15) is 0 Å². The average molecular weight is 288 g/mol. The largest absolute Gasteiger partial charge is 0.465 e. The third kappa shape index (κ3) is 3.78. The molecule has 0 N–H and O–H groups in total. The highest BCUT2D eigenvalue weighted by Gasteiger charge is 2.06. The fourth-order valence-corrected chi connectivity index (χ4v) is 3.06. The number of Topliss-reactive ketones (excluding diaryl/α,β-unsaturated/α-hetero) is 1. The zero-order valence-electron chi connectivity index (χ0n) is 11.5. The molecule has 0 aliphatic carbocycles. The first-order valence-electron chi connectivity index (χ1n) is 6.33. The van der Waals surface area contributed by atoms with Gasteiger partial charge in [-0.1, -0.05) is 12.1 Å². The minimum absolute atomic E-state index is 0.181. The molecule has 0 unspecified atom stereocenters. The van der Waals surface area contributed by atoms with Crippen LogP contribution in [0.4, 0.5) is 0 Å². The summed E-state index contributed by atoms with van der Waals surface area (Å²) in [6.45, 7) is 1.60. The number of methoxy groups -OCH3 is 1. The molecule has 2 aromatic rings. The summed E-state index contributed by atoms with van der Waals surface area (Å²) in [6.07, 6.45) is 1.32. The average Bonchev–Trinajstić information content (AvgIpc) is 2.85. The van der Waals surface area contributed by atoms with Gasteiger partial charge in [-0.25, -0.2) is 4.79 Å². The van der Waals surface area contributed by atoms with Crippen LogP contribution in [-0.4, -0.2) is 18.9 Å². The van der Waals surface area contributed by atoms with Crippen LogP contribution in [0, 0.1) is 0 Å². The highest BCUT2D eigenvalue weighted by Crippen LogP contribution is 2.21. The molecule has 1 aromatic carbocycles. The lowest BCUT2D eigenvalue weighted by Gasteiger charge is -2.02. The van der Waals surface area contributed by atoms with Crippen LogP contribution >= 0.6 is 11.3 Å². The van der Waals surface area contributed by atoms with Crippen LogP contribution < -0.4 is 0 Å². The second-order valence-electron chi connectivity index (χ2n) is 4.61. The van der Waals surface area contributed by atoms with E-state index in [1.54, 1.807) is 30.4 Å². The Balaban J connectivity index is 2.04. The van der Waals surface area contributed by atoms with Crippen LogP contribution in [0.5, 0.6) is 0 Å². The second kappa shape index (κ2) is 6.48. The maximum atomic E-state index is 11.3. The number of ether oxygens (including phenoxy) is 1. The third-order valence-corrected chi connectivity index (χ3v) is 3.98. The fraction of sp³-hybridized carbons (Fsp3) is 0.250. The van der Waals surface area contributed by atoms with Crippen LogP contribution in [0.3, 0.4) is 0 Å². The normalized spacial score (nSPS) is 10.3. The van der Waals surface area contributed by atoms with E-state index in [9.17, 15) is 9.59 Å². The molecule has 0 radical (unpaired) electrons. The number of hydrogen-bond donors (Lipinski definition) is 0. The molecule has 2 rings (SSSR count). The number of carbonyl (C=O) groups excluding carboxylic acids is 2. The first-order valence-corrected chi connectivity index (χ1v) is 7.14. The summed E-state index contributed by atoms with van der Waals surface area (Å²) in [5.74, 6) is -0.141. The smallest absolute Gasteiger partial charge is 0.337 e. The van der Waals surface area contributed by atoms with Crippen LogP contribution in [0.25, 0.3) is 0 Å². The van der Waals surface area contributed by atoms with E-state index in [1.165, 1.54) is 12.0 Å². The van der Waals surface area contributed by atoms with Gasteiger partial charge in [-0.05, 0) is 36.8 Å². The monoisotopic (exact) mass is 288 g/mol. The van der Waals surface area contributed by atoms with Gasteiger partial charge >= 0.3 is 5.97 Å². The summed E-state index contributed by atoms with van der Waals surface area (Å²) in [5, 5.41) is 0. The highest BCUT2D eigenvalue weighted by molar-refractivity contribution is 7.12. The van der Waals surface area contributed by atoms with Gasteiger partial charge in [0.2, 0.25) is 0 Å². The van der Waals surface area contributed by atoms with E-state index in [2.05, 4.69) is 10.8 Å². The van der Waals surface area contributed by atoms with Gasteiger partial charge in [-0.15, -0.1) is 11.3 Å². The van der Waals surface area contributed by atoms with Crippen LogP contribution in [0.15, 0.2) is 36.4 Å². The van der Waals surface area contributed by atoms with Gasteiger partial charge in [0.15, 0.2) is 0 Å². The third-order valence-electron chi connectivity index (χ3n) is 2.89. The number of hydrogen-bond acceptors (Lipinski definition) is 4. The number of benzene rings is 1. The molecule has 0 aliphatic rings. The topological polar surface area (TPSA) is 43.4 Å². The van der Waals surface area contributed by atoms with Crippen molar-refractivity contribution < 1.29 is 14.3 Å². The Bertz CT molecular complexity index is 611. The van der Waals surface area contributed by atoms with E-state index in [0.717, 1.165) is 16.9 Å². The predicted octanol–water partition coefficient (Wildman–Crippen LogP) is 3.26. The Kier molecular flexibility index (Phi) is 4.69. The number of thiophene rings is 1. The predicted molar refractivity (Wildman–Crippen MR) is 79.3 cm³/mol. The van der Waals surface area contributed by atoms with Crippen molar-refractivity contribution in [2.75, 3.05) is 7.11 Å². The lowest BCUT2D eigenvalue weighted by Crippen LogP contribution is -2.00. The molecule has 0 aliphatic heterocycles. The van der Waals surface area contributed by atoms with Crippen LogP contribution in [-0.2, 0) is 22.4 Å². The fourth-order valence-electron chi connectivity index (χ4n) is 1.94. The van der Waals surface area contributed by atoms with Crippen molar-refractivity contribution in [3.63, 3.8) is 0 Å². The Morgan fingerprint density at radius 2 is 1.70 bits per heavy atom. The first kappa shape index (κ1) is 14.5. The molecule has 3 nitrogen and oxygen atoms in total. The Labute approximate surface area is 122 Å². The van der Waals surface area contributed by atoms with E-state index >= 15 is 0 Å². The lowest BCUT2D eigenvalue weighted by molar-refractivity contribution is -0.116. The second-order valence-corrected chi connectivity index (χ2v) is 5.86. The summed E-state index contributed by atoms with van der Waals surface area (Å²) >= 11 is 1.66. The zero-order valence-corrected chi connectivity index (χ0v) is 12.3. The molecule has 0 saturated carbocycles. The number of carbonyl (C=O) groups is 2. The van der Waals surface area contributed by atoms with E-state index < -0.39 is 0 Å². The molecule has 1 heterocycles. The van der Waals surface area contributed by atoms with E-state index in [4.69, 9.17) is 0 Å². The molecule has 0 saturated heterocycles. The van der Waals surface area contributed by atoms with Crippen molar-refractivity contribution in [2.45, 2.75) is 19.8 Å². The summed E-state index contributed by atoms with van der Waals surface area (Å²) in [7, 11) is 1.37. The molecule has 1 aromatic heterocycles. The van der Waals surface area contributed by atoms with Crippen LogP contribution in [0.1, 0.15) is 32.6 Å². The van der Waals surface area contributed by atoms with Crippen molar-refractivity contribution in [3.05, 3.63) is 57.3 Å². The summed E-state index contributed by atoms with van der Waals surface area (Å²) in [6, 6.07) is 11.4. The first-order chi connectivity index (χ1) is 9.58. The molecule has 4 heteroatoms. The van der Waals surface area contributed by atoms with Gasteiger partial charge in [-0.3, -0.25) is 4.79 Å². The SMILES string of the molecule is COC(=O)c1ccc(Cc2ccc(CC(C)=O)s2)cc1. The zero-order chi connectivity index (χ0) is 14.5. The lowest BCUT2D eigenvalue weighted by atomic mass is 10.1. The van der Waals surface area contributed by atoms with Crippen molar-refractivity contribution in [2.24, 2.45) is 0 Å². The summed E-state index contributed by atoms with van der Waals surface area (Å²) < 4.78 is 4.67. The molecule has 0 atom stereocenters. The van der Waals surface area contributed by atoms with Gasteiger partial charge in [0.25, 0.3) is 0 Å². The number of esters is 1. The van der Waals surface area contributed by atoms with E-state index in [1.807, 2.05) is 18.2 Å². The maximum Gasteiger partial charge on any atom is 0.337 e. The Morgan fingerprint density at radius 3 is 2.30 bits per heavy atom. The van der Waals surface area contributed by atoms with Gasteiger partial charge in [0.05, 0.1) is 12.7 Å². The minimum atomic E-state index is -0.323. The Morgan fingerprint density at radius 1 is 1.05 bits per heavy atom. The number of ketones is 1. The molecular weight excluding hydrogens is 272 g/mol. The molecular formula is C16H16O3S. The summed E-state index contributed by atoms with van der Waals surface area (Å²) in [5.41, 5.74) is 1.69. The molecule has 0 spiro atoms. The van der Waals surface area contributed by atoms with Crippen molar-refractivity contribution in [1.29, 1.82) is 0 Å². The van der Waals surface area contributed by atoms with Crippen molar-refractivity contribution in [1.82, 2.24) is 0 Å².